The molecule has 102 valence electrons. The number of hydrogen-bond acceptors (Lipinski definition) is 8. The number of nitrogens with zero attached hydrogens (tertiary/aromatic N) is 7. The van der Waals surface area contributed by atoms with Crippen LogP contribution in [0.3, 0.4) is 0 Å². The van der Waals surface area contributed by atoms with E-state index in [1.807, 2.05) is 0 Å². The molecule has 0 spiro atoms. The average molecular weight is 294 g/mol. The lowest BCUT2D eigenvalue weighted by atomic mass is 10.6. The second-order valence-electron chi connectivity index (χ2n) is 3.59. The van der Waals surface area contributed by atoms with Crippen LogP contribution in [0.5, 0.6) is 0 Å². The second-order valence-corrected chi connectivity index (χ2v) is 4.57. The Balaban J connectivity index is 1.93. The number of rotatable bonds is 4. The van der Waals surface area contributed by atoms with E-state index in [1.54, 1.807) is 12.1 Å². The predicted molar refractivity (Wildman–Crippen MR) is 63.2 cm³/mol. The summed E-state index contributed by atoms with van der Waals surface area (Å²) in [5, 5.41) is 30.1. The van der Waals surface area contributed by atoms with Gasteiger partial charge in [0.1, 0.15) is 11.6 Å². The van der Waals surface area contributed by atoms with E-state index >= 15 is 0 Å². The van der Waals surface area contributed by atoms with E-state index in [-0.39, 0.29) is 11.7 Å². The number of H-pyrrole nitrogens is 1. The molecule has 0 amide bonds. The van der Waals surface area contributed by atoms with Gasteiger partial charge < -0.3 is 5.11 Å². The lowest BCUT2D eigenvalue weighted by molar-refractivity contribution is -0.138. The summed E-state index contributed by atoms with van der Waals surface area (Å²) < 4.78 is 2.21. The van der Waals surface area contributed by atoms with Crippen molar-refractivity contribution in [3.05, 3.63) is 22.6 Å². The molecule has 3 heterocycles. The van der Waals surface area contributed by atoms with Crippen LogP contribution in [-0.2, 0) is 11.3 Å². The van der Waals surface area contributed by atoms with E-state index in [0.29, 0.717) is 10.7 Å². The quantitative estimate of drug-likeness (QED) is 0.595. The lowest BCUT2D eigenvalue weighted by Gasteiger charge is -2.00. The summed E-state index contributed by atoms with van der Waals surface area (Å²) >= 11 is 1.04. The molecule has 0 saturated heterocycles. The summed E-state index contributed by atoms with van der Waals surface area (Å²) in [6.45, 7) is -0.358. The molecule has 0 aliphatic rings. The average Bonchev–Trinajstić information content (AvgIpc) is 2.98. The summed E-state index contributed by atoms with van der Waals surface area (Å²) in [6, 6.07) is 3.22. The highest BCUT2D eigenvalue weighted by atomic mass is 32.2. The minimum absolute atomic E-state index is 0.260. The molecule has 20 heavy (non-hydrogen) atoms. The molecule has 0 aliphatic heterocycles. The van der Waals surface area contributed by atoms with E-state index in [1.165, 1.54) is 0 Å². The van der Waals surface area contributed by atoms with Crippen LogP contribution in [0.15, 0.2) is 27.1 Å². The highest BCUT2D eigenvalue weighted by Gasteiger charge is 2.12. The molecule has 0 aromatic carbocycles. The molecule has 11 nitrogen and oxygen atoms in total. The number of aliphatic carboxylic acids is 1. The fourth-order valence-corrected chi connectivity index (χ4v) is 2.16. The molecule has 0 aliphatic carbocycles. The zero-order chi connectivity index (χ0) is 14.1. The van der Waals surface area contributed by atoms with Gasteiger partial charge in [0, 0.05) is 0 Å². The number of aromatic amines is 1. The van der Waals surface area contributed by atoms with Gasteiger partial charge >= 0.3 is 11.7 Å². The zero-order valence-electron chi connectivity index (χ0n) is 9.66. The van der Waals surface area contributed by atoms with Crippen LogP contribution >= 0.6 is 11.8 Å². The summed E-state index contributed by atoms with van der Waals surface area (Å²) in [7, 11) is 0. The number of carboxylic acid groups (broad SMARTS) is 1. The van der Waals surface area contributed by atoms with Crippen LogP contribution < -0.4 is 5.69 Å². The first kappa shape index (κ1) is 12.3. The van der Waals surface area contributed by atoms with E-state index in [9.17, 15) is 9.59 Å². The summed E-state index contributed by atoms with van der Waals surface area (Å²) in [6.07, 6.45) is 0. The molecule has 3 aromatic heterocycles. The first-order chi connectivity index (χ1) is 9.63. The second kappa shape index (κ2) is 4.73. The van der Waals surface area contributed by atoms with Crippen molar-refractivity contribution in [3.8, 4) is 0 Å². The van der Waals surface area contributed by atoms with E-state index in [0.717, 1.165) is 21.0 Å². The maximum Gasteiger partial charge on any atom is 0.364 e. The van der Waals surface area contributed by atoms with Crippen LogP contribution in [0.25, 0.3) is 5.65 Å². The number of tetrazole rings is 1. The van der Waals surface area contributed by atoms with Crippen molar-refractivity contribution in [2.75, 3.05) is 0 Å². The van der Waals surface area contributed by atoms with Crippen molar-refractivity contribution in [3.63, 3.8) is 0 Å². The van der Waals surface area contributed by atoms with Crippen molar-refractivity contribution < 1.29 is 9.90 Å². The SMILES string of the molecule is O=C(O)Cn1nnnc1Sc1ccc2n[nH]c(=O)n2n1. The molecule has 0 saturated carbocycles. The van der Waals surface area contributed by atoms with Crippen LogP contribution in [-0.4, -0.2) is 51.1 Å². The van der Waals surface area contributed by atoms with Gasteiger partial charge in [0.05, 0.1) is 0 Å². The maximum atomic E-state index is 11.4. The zero-order valence-corrected chi connectivity index (χ0v) is 10.5. The molecule has 12 heteroatoms. The van der Waals surface area contributed by atoms with Gasteiger partial charge in [-0.3, -0.25) is 4.79 Å². The van der Waals surface area contributed by atoms with Gasteiger partial charge in [0.25, 0.3) is 0 Å². The summed E-state index contributed by atoms with van der Waals surface area (Å²) in [4.78, 5) is 22.1. The molecular formula is C8H6N8O3S. The molecular weight excluding hydrogens is 288 g/mol. The Morgan fingerprint density at radius 2 is 2.30 bits per heavy atom. The van der Waals surface area contributed by atoms with Crippen molar-refractivity contribution >= 4 is 23.4 Å². The topological polar surface area (TPSA) is 144 Å². The maximum absolute atomic E-state index is 11.4. The Labute approximate surface area is 113 Å². The van der Waals surface area contributed by atoms with Gasteiger partial charge in [-0.25, -0.2) is 14.6 Å². The minimum Gasteiger partial charge on any atom is -0.480 e. The number of carbonyl (C=O) groups is 1. The molecule has 3 aromatic rings. The predicted octanol–water partition coefficient (Wildman–Crippen LogP) is -1.36. The third kappa shape index (κ3) is 2.23. The Morgan fingerprint density at radius 3 is 3.10 bits per heavy atom. The van der Waals surface area contributed by atoms with Crippen LogP contribution in [0.2, 0.25) is 0 Å². The van der Waals surface area contributed by atoms with Crippen LogP contribution in [0.1, 0.15) is 0 Å². The van der Waals surface area contributed by atoms with Gasteiger partial charge in [0.2, 0.25) is 5.16 Å². The summed E-state index contributed by atoms with van der Waals surface area (Å²) in [5.74, 6) is -1.06. The molecule has 0 radical (unpaired) electrons. The monoisotopic (exact) mass is 294 g/mol. The third-order valence-corrected chi connectivity index (χ3v) is 3.13. The normalized spacial score (nSPS) is 11.0. The first-order valence-corrected chi connectivity index (χ1v) is 6.05. The number of aromatic nitrogens is 8. The fourth-order valence-electron chi connectivity index (χ4n) is 1.43. The minimum atomic E-state index is -1.06. The Morgan fingerprint density at radius 1 is 1.45 bits per heavy atom. The first-order valence-electron chi connectivity index (χ1n) is 5.24. The number of fused-ring (bicyclic) bond motifs is 1. The van der Waals surface area contributed by atoms with Gasteiger partial charge in [0.15, 0.2) is 5.65 Å². The smallest absolute Gasteiger partial charge is 0.364 e. The van der Waals surface area contributed by atoms with Crippen molar-refractivity contribution in [2.45, 2.75) is 16.7 Å². The number of hydrogen-bond donors (Lipinski definition) is 2. The third-order valence-electron chi connectivity index (χ3n) is 2.23. The standard InChI is InChI=1S/C8H6N8O3S/c17-6(18)3-15-8(11-13-14-15)20-5-2-1-4-9-10-7(19)16(4)12-5/h1-2H,3H2,(H,10,19)(H,17,18). The molecule has 3 rings (SSSR count). The van der Waals surface area contributed by atoms with E-state index in [4.69, 9.17) is 5.11 Å². The fraction of sp³-hybridized carbons (Fsp3) is 0.125. The Bertz CT molecular complexity index is 835. The Kier molecular flexibility index (Phi) is 2.90. The number of carboxylic acids is 1. The Hall–Kier alpha value is -2.76. The van der Waals surface area contributed by atoms with Gasteiger partial charge in [-0.2, -0.15) is 14.7 Å². The summed E-state index contributed by atoms with van der Waals surface area (Å²) in [5.41, 5.74) is -0.0861. The van der Waals surface area contributed by atoms with Crippen LogP contribution in [0.4, 0.5) is 0 Å². The van der Waals surface area contributed by atoms with Gasteiger partial charge in [-0.15, -0.1) is 5.10 Å². The van der Waals surface area contributed by atoms with Crippen LogP contribution in [0, 0.1) is 0 Å². The highest BCUT2D eigenvalue weighted by molar-refractivity contribution is 7.99. The molecule has 0 atom stereocenters. The van der Waals surface area contributed by atoms with E-state index < -0.39 is 11.7 Å². The lowest BCUT2D eigenvalue weighted by Crippen LogP contribution is -2.13. The molecule has 0 bridgehead atoms. The van der Waals surface area contributed by atoms with Crippen molar-refractivity contribution in [1.82, 2.24) is 40.0 Å². The number of nitrogens with one attached hydrogen (secondary N) is 1. The van der Waals surface area contributed by atoms with Gasteiger partial charge in [-0.1, -0.05) is 0 Å². The molecule has 0 unspecified atom stereocenters. The van der Waals surface area contributed by atoms with E-state index in [2.05, 4.69) is 30.8 Å². The molecule has 2 N–H and O–H groups in total. The largest absolute Gasteiger partial charge is 0.480 e. The van der Waals surface area contributed by atoms with Gasteiger partial charge in [-0.05, 0) is 34.3 Å². The molecule has 0 fully saturated rings. The van der Waals surface area contributed by atoms with Crippen molar-refractivity contribution in [1.29, 1.82) is 0 Å². The highest BCUT2D eigenvalue weighted by Crippen LogP contribution is 2.22. The van der Waals surface area contributed by atoms with Crippen molar-refractivity contribution in [2.24, 2.45) is 0 Å².